The lowest BCUT2D eigenvalue weighted by atomic mass is 9.81. The third-order valence-electron chi connectivity index (χ3n) is 3.95. The normalized spacial score (nSPS) is 29.1. The van der Waals surface area contributed by atoms with Crippen molar-refractivity contribution in [3.8, 4) is 5.75 Å². The highest BCUT2D eigenvalue weighted by Gasteiger charge is 2.45. The van der Waals surface area contributed by atoms with Crippen LogP contribution >= 0.6 is 12.4 Å². The fourth-order valence-electron chi connectivity index (χ4n) is 2.99. The first kappa shape index (κ1) is 13.7. The smallest absolute Gasteiger partial charge is 0.125 e. The van der Waals surface area contributed by atoms with E-state index in [2.05, 4.69) is 24.4 Å². The highest BCUT2D eigenvalue weighted by molar-refractivity contribution is 5.85. The molecule has 0 spiro atoms. The Hall–Kier alpha value is -0.770. The molecule has 1 N–H and O–H groups in total. The van der Waals surface area contributed by atoms with Crippen molar-refractivity contribution >= 4 is 12.4 Å². The summed E-state index contributed by atoms with van der Waals surface area (Å²) in [5.41, 5.74) is 2.59. The van der Waals surface area contributed by atoms with E-state index in [1.54, 1.807) is 0 Å². The van der Waals surface area contributed by atoms with E-state index in [0.717, 1.165) is 18.8 Å². The van der Waals surface area contributed by atoms with Crippen molar-refractivity contribution in [2.45, 2.75) is 32.0 Å². The topological polar surface area (TPSA) is 30.5 Å². The van der Waals surface area contributed by atoms with E-state index in [4.69, 9.17) is 9.47 Å². The van der Waals surface area contributed by atoms with E-state index in [-0.39, 0.29) is 18.0 Å². The predicted octanol–water partition coefficient (Wildman–Crippen LogP) is 2.48. The lowest BCUT2D eigenvalue weighted by Crippen LogP contribution is -2.39. The van der Waals surface area contributed by atoms with Crippen LogP contribution in [0.2, 0.25) is 0 Å². The highest BCUT2D eigenvalue weighted by atomic mass is 35.5. The predicted molar refractivity (Wildman–Crippen MR) is 73.7 cm³/mol. The molecule has 0 aliphatic carbocycles. The number of nitrogens with one attached hydrogen (secondary N) is 1. The molecule has 0 saturated carbocycles. The number of hydrogen-bond donors (Lipinski definition) is 1. The van der Waals surface area contributed by atoms with Crippen molar-refractivity contribution in [1.82, 2.24) is 5.32 Å². The van der Waals surface area contributed by atoms with Crippen molar-refractivity contribution in [3.05, 3.63) is 29.3 Å². The lowest BCUT2D eigenvalue weighted by molar-refractivity contribution is -0.0526. The maximum atomic E-state index is 6.06. The summed E-state index contributed by atoms with van der Waals surface area (Å²) in [6, 6.07) is 6.35. The monoisotopic (exact) mass is 269 g/mol. The van der Waals surface area contributed by atoms with Crippen LogP contribution < -0.4 is 10.1 Å². The van der Waals surface area contributed by atoms with Gasteiger partial charge in [-0.1, -0.05) is 12.1 Å². The molecule has 100 valence electrons. The molecule has 2 aliphatic rings. The molecule has 0 amide bonds. The van der Waals surface area contributed by atoms with Crippen molar-refractivity contribution in [2.75, 3.05) is 19.7 Å². The summed E-state index contributed by atoms with van der Waals surface area (Å²) in [6.07, 6.45) is 0. The third kappa shape index (κ3) is 2.00. The van der Waals surface area contributed by atoms with E-state index in [1.807, 2.05) is 13.0 Å². The average Bonchev–Trinajstić information content (AvgIpc) is 2.72. The average molecular weight is 270 g/mol. The van der Waals surface area contributed by atoms with Crippen LogP contribution in [0, 0.1) is 0 Å². The first-order valence-corrected chi connectivity index (χ1v) is 6.34. The third-order valence-corrected chi connectivity index (χ3v) is 3.95. The molecule has 0 radical (unpaired) electrons. The van der Waals surface area contributed by atoms with E-state index >= 15 is 0 Å². The van der Waals surface area contributed by atoms with Gasteiger partial charge in [-0.25, -0.2) is 0 Å². The molecule has 2 atom stereocenters. The number of fused-ring (bicyclic) bond motifs is 3. The van der Waals surface area contributed by atoms with E-state index in [9.17, 15) is 0 Å². The zero-order valence-electron chi connectivity index (χ0n) is 10.9. The highest BCUT2D eigenvalue weighted by Crippen LogP contribution is 2.43. The molecule has 0 unspecified atom stereocenters. The number of benzene rings is 1. The van der Waals surface area contributed by atoms with E-state index < -0.39 is 0 Å². The van der Waals surface area contributed by atoms with Crippen LogP contribution in [0.5, 0.6) is 5.75 Å². The second kappa shape index (κ2) is 5.08. The minimum atomic E-state index is -0.0438. The van der Waals surface area contributed by atoms with Crippen LogP contribution in [0.15, 0.2) is 18.2 Å². The minimum absolute atomic E-state index is 0. The van der Waals surface area contributed by atoms with Crippen LogP contribution in [0.1, 0.15) is 30.9 Å². The van der Waals surface area contributed by atoms with Crippen molar-refractivity contribution in [3.63, 3.8) is 0 Å². The molecule has 0 aromatic heterocycles. The largest absolute Gasteiger partial charge is 0.493 e. The van der Waals surface area contributed by atoms with Gasteiger partial charge >= 0.3 is 0 Å². The standard InChI is InChI=1S/C14H19NO2.ClH/c1-3-16-13-6-4-5-10-11(13)8-17-14(2)9-15-7-12(10)14;/h4-6,12,15H,3,7-9H2,1-2H3;1H/t12-,14-;/m0./s1. The Bertz CT molecular complexity index is 438. The quantitative estimate of drug-likeness (QED) is 0.895. The molecule has 3 rings (SSSR count). The Balaban J connectivity index is 0.00000120. The minimum Gasteiger partial charge on any atom is -0.493 e. The maximum Gasteiger partial charge on any atom is 0.125 e. The van der Waals surface area contributed by atoms with Crippen LogP contribution in [0.25, 0.3) is 0 Å². The Labute approximate surface area is 114 Å². The fourth-order valence-corrected chi connectivity index (χ4v) is 2.99. The van der Waals surface area contributed by atoms with Gasteiger partial charge in [0.1, 0.15) is 5.75 Å². The molecule has 0 bridgehead atoms. The van der Waals surface area contributed by atoms with Gasteiger partial charge in [-0.2, -0.15) is 0 Å². The van der Waals surface area contributed by atoms with Gasteiger partial charge in [0.05, 0.1) is 18.8 Å². The van der Waals surface area contributed by atoms with Crippen molar-refractivity contribution < 1.29 is 9.47 Å². The molecule has 4 heteroatoms. The zero-order chi connectivity index (χ0) is 11.9. The Morgan fingerprint density at radius 3 is 3.11 bits per heavy atom. The zero-order valence-corrected chi connectivity index (χ0v) is 11.7. The molecule has 3 nitrogen and oxygen atoms in total. The molecular formula is C14H20ClNO2. The SMILES string of the molecule is CCOc1cccc2c1CO[C@@]1(C)CNC[C@@H]21.Cl. The summed E-state index contributed by atoms with van der Waals surface area (Å²) in [6.45, 7) is 7.53. The number of ether oxygens (including phenoxy) is 2. The summed E-state index contributed by atoms with van der Waals surface area (Å²) in [4.78, 5) is 0. The summed E-state index contributed by atoms with van der Waals surface area (Å²) in [5.74, 6) is 1.44. The van der Waals surface area contributed by atoms with Gasteiger partial charge in [-0.3, -0.25) is 0 Å². The van der Waals surface area contributed by atoms with E-state index in [0.29, 0.717) is 19.1 Å². The molecular weight excluding hydrogens is 250 g/mol. The van der Waals surface area contributed by atoms with Crippen LogP contribution in [-0.2, 0) is 11.3 Å². The van der Waals surface area contributed by atoms with Gasteiger partial charge in [0.15, 0.2) is 0 Å². The second-order valence-corrected chi connectivity index (χ2v) is 5.04. The molecule has 2 aliphatic heterocycles. The molecule has 1 aromatic rings. The van der Waals surface area contributed by atoms with Gasteiger partial charge < -0.3 is 14.8 Å². The summed E-state index contributed by atoms with van der Waals surface area (Å²) in [5, 5.41) is 3.43. The van der Waals surface area contributed by atoms with Gasteiger partial charge in [-0.05, 0) is 25.5 Å². The molecule has 1 fully saturated rings. The van der Waals surface area contributed by atoms with Crippen molar-refractivity contribution in [2.24, 2.45) is 0 Å². The molecule has 18 heavy (non-hydrogen) atoms. The molecule has 1 saturated heterocycles. The van der Waals surface area contributed by atoms with Crippen LogP contribution in [-0.4, -0.2) is 25.3 Å². The summed E-state index contributed by atoms with van der Waals surface area (Å²) in [7, 11) is 0. The Kier molecular flexibility index (Phi) is 3.85. The van der Waals surface area contributed by atoms with Gasteiger partial charge in [0.25, 0.3) is 0 Å². The maximum absolute atomic E-state index is 6.06. The number of halogens is 1. The van der Waals surface area contributed by atoms with Gasteiger partial charge in [-0.15, -0.1) is 12.4 Å². The van der Waals surface area contributed by atoms with Gasteiger partial charge in [0, 0.05) is 24.6 Å². The first-order chi connectivity index (χ1) is 8.24. The van der Waals surface area contributed by atoms with Crippen LogP contribution in [0.4, 0.5) is 0 Å². The molecule has 1 aromatic carbocycles. The second-order valence-electron chi connectivity index (χ2n) is 5.04. The summed E-state index contributed by atoms with van der Waals surface area (Å²) < 4.78 is 11.7. The van der Waals surface area contributed by atoms with Crippen molar-refractivity contribution in [1.29, 1.82) is 0 Å². The van der Waals surface area contributed by atoms with Crippen LogP contribution in [0.3, 0.4) is 0 Å². The lowest BCUT2D eigenvalue weighted by Gasteiger charge is -2.37. The molecule has 2 heterocycles. The Morgan fingerprint density at radius 1 is 1.50 bits per heavy atom. The Morgan fingerprint density at radius 2 is 2.33 bits per heavy atom. The first-order valence-electron chi connectivity index (χ1n) is 6.34. The summed E-state index contributed by atoms with van der Waals surface area (Å²) >= 11 is 0. The fraction of sp³-hybridized carbons (Fsp3) is 0.571. The number of rotatable bonds is 2. The van der Waals surface area contributed by atoms with E-state index in [1.165, 1.54) is 11.1 Å². The number of hydrogen-bond acceptors (Lipinski definition) is 3. The van der Waals surface area contributed by atoms with Gasteiger partial charge in [0.2, 0.25) is 0 Å².